The highest BCUT2D eigenvalue weighted by atomic mass is 16.5. The Bertz CT molecular complexity index is 376. The Balaban J connectivity index is 1.83. The Morgan fingerprint density at radius 3 is 3.00 bits per heavy atom. The van der Waals surface area contributed by atoms with E-state index in [1.165, 1.54) is 12.1 Å². The van der Waals surface area contributed by atoms with Crippen LogP contribution < -0.4 is 15.0 Å². The molecule has 0 amide bonds. The fraction of sp³-hybridized carbons (Fsp3) is 0.625. The molecule has 1 aliphatic heterocycles. The lowest BCUT2D eigenvalue weighted by Crippen LogP contribution is -2.27. The van der Waals surface area contributed by atoms with Crippen molar-refractivity contribution in [2.45, 2.75) is 19.8 Å². The van der Waals surface area contributed by atoms with Gasteiger partial charge in [0, 0.05) is 38.0 Å². The van der Waals surface area contributed by atoms with E-state index in [1.807, 2.05) is 6.07 Å². The van der Waals surface area contributed by atoms with Gasteiger partial charge in [-0.25, -0.2) is 0 Å². The highest BCUT2D eigenvalue weighted by molar-refractivity contribution is 5.50. The Labute approximate surface area is 122 Å². The summed E-state index contributed by atoms with van der Waals surface area (Å²) in [6.45, 7) is 8.53. The minimum absolute atomic E-state index is 0.616. The van der Waals surface area contributed by atoms with Crippen molar-refractivity contribution in [2.24, 2.45) is 0 Å². The van der Waals surface area contributed by atoms with E-state index in [0.29, 0.717) is 13.2 Å². The van der Waals surface area contributed by atoms with Gasteiger partial charge in [0.05, 0.1) is 6.61 Å². The minimum Gasteiger partial charge on any atom is -0.491 e. The number of ether oxygens (including phenoxy) is 2. The molecule has 112 valence electrons. The number of benzene rings is 1. The topological polar surface area (TPSA) is 33.7 Å². The van der Waals surface area contributed by atoms with Gasteiger partial charge in [0.1, 0.15) is 12.4 Å². The second kappa shape index (κ2) is 8.82. The third-order valence-electron chi connectivity index (χ3n) is 3.37. The SMILES string of the molecule is CCCOCCOc1cccc(N2CCCNCC2)c1. The van der Waals surface area contributed by atoms with Crippen LogP contribution in [-0.2, 0) is 4.74 Å². The van der Waals surface area contributed by atoms with E-state index in [4.69, 9.17) is 9.47 Å². The fourth-order valence-corrected chi connectivity index (χ4v) is 2.34. The maximum Gasteiger partial charge on any atom is 0.121 e. The molecule has 1 saturated heterocycles. The third kappa shape index (κ3) is 5.02. The van der Waals surface area contributed by atoms with Gasteiger partial charge >= 0.3 is 0 Å². The van der Waals surface area contributed by atoms with E-state index in [1.54, 1.807) is 0 Å². The zero-order chi connectivity index (χ0) is 14.0. The van der Waals surface area contributed by atoms with Crippen LogP contribution in [0.5, 0.6) is 5.75 Å². The van der Waals surface area contributed by atoms with E-state index < -0.39 is 0 Å². The first-order valence-corrected chi connectivity index (χ1v) is 7.66. The molecule has 1 N–H and O–H groups in total. The molecule has 4 nitrogen and oxygen atoms in total. The van der Waals surface area contributed by atoms with Gasteiger partial charge in [0.2, 0.25) is 0 Å². The summed E-state index contributed by atoms with van der Waals surface area (Å²) in [5.41, 5.74) is 1.25. The molecule has 0 spiro atoms. The Kier molecular flexibility index (Phi) is 6.68. The molecule has 0 aliphatic carbocycles. The lowest BCUT2D eigenvalue weighted by atomic mass is 10.2. The fourth-order valence-electron chi connectivity index (χ4n) is 2.34. The zero-order valence-corrected chi connectivity index (χ0v) is 12.4. The number of anilines is 1. The molecule has 0 unspecified atom stereocenters. The molecule has 1 aromatic carbocycles. The van der Waals surface area contributed by atoms with Crippen LogP contribution in [0.2, 0.25) is 0 Å². The smallest absolute Gasteiger partial charge is 0.121 e. The molecule has 0 bridgehead atoms. The predicted octanol–water partition coefficient (Wildman–Crippen LogP) is 2.29. The number of nitrogens with one attached hydrogen (secondary N) is 1. The first kappa shape index (κ1) is 15.1. The van der Waals surface area contributed by atoms with Gasteiger partial charge in [-0.1, -0.05) is 13.0 Å². The zero-order valence-electron chi connectivity index (χ0n) is 12.4. The van der Waals surface area contributed by atoms with Crippen LogP contribution in [0.15, 0.2) is 24.3 Å². The van der Waals surface area contributed by atoms with Crippen LogP contribution in [-0.4, -0.2) is 46.0 Å². The van der Waals surface area contributed by atoms with E-state index in [9.17, 15) is 0 Å². The van der Waals surface area contributed by atoms with Gasteiger partial charge in [0.25, 0.3) is 0 Å². The van der Waals surface area contributed by atoms with Crippen LogP contribution in [0.1, 0.15) is 19.8 Å². The van der Waals surface area contributed by atoms with Crippen LogP contribution in [0.3, 0.4) is 0 Å². The largest absolute Gasteiger partial charge is 0.491 e. The second-order valence-corrected chi connectivity index (χ2v) is 5.05. The summed E-state index contributed by atoms with van der Waals surface area (Å²) in [6.07, 6.45) is 2.24. The molecule has 0 atom stereocenters. The van der Waals surface area contributed by atoms with E-state index >= 15 is 0 Å². The Hall–Kier alpha value is -1.26. The van der Waals surface area contributed by atoms with E-state index in [0.717, 1.165) is 45.0 Å². The van der Waals surface area contributed by atoms with Gasteiger partial charge in [-0.05, 0) is 31.5 Å². The normalized spacial score (nSPS) is 15.9. The summed E-state index contributed by atoms with van der Waals surface area (Å²) >= 11 is 0. The quantitative estimate of drug-likeness (QED) is 0.776. The minimum atomic E-state index is 0.616. The lowest BCUT2D eigenvalue weighted by molar-refractivity contribution is 0.101. The number of hydrogen-bond donors (Lipinski definition) is 1. The first-order chi connectivity index (χ1) is 9.90. The van der Waals surface area contributed by atoms with Crippen molar-refractivity contribution in [1.29, 1.82) is 0 Å². The molecule has 1 fully saturated rings. The highest BCUT2D eigenvalue weighted by Gasteiger charge is 2.09. The van der Waals surface area contributed by atoms with Gasteiger partial charge in [-0.3, -0.25) is 0 Å². The molecule has 0 saturated carbocycles. The predicted molar refractivity (Wildman–Crippen MR) is 82.7 cm³/mol. The van der Waals surface area contributed by atoms with Crippen LogP contribution in [0.4, 0.5) is 5.69 Å². The monoisotopic (exact) mass is 278 g/mol. The molecule has 20 heavy (non-hydrogen) atoms. The maximum absolute atomic E-state index is 5.75. The van der Waals surface area contributed by atoms with Crippen molar-refractivity contribution in [3.63, 3.8) is 0 Å². The van der Waals surface area contributed by atoms with Crippen LogP contribution >= 0.6 is 0 Å². The number of rotatable bonds is 7. The van der Waals surface area contributed by atoms with E-state index in [-0.39, 0.29) is 0 Å². The van der Waals surface area contributed by atoms with Crippen LogP contribution in [0, 0.1) is 0 Å². The van der Waals surface area contributed by atoms with Crippen molar-refractivity contribution < 1.29 is 9.47 Å². The summed E-state index contributed by atoms with van der Waals surface area (Å²) in [6, 6.07) is 8.37. The van der Waals surface area contributed by atoms with Crippen molar-refractivity contribution in [2.75, 3.05) is 50.9 Å². The van der Waals surface area contributed by atoms with Crippen molar-refractivity contribution in [3.8, 4) is 5.75 Å². The van der Waals surface area contributed by atoms with Crippen molar-refractivity contribution in [1.82, 2.24) is 5.32 Å². The molecule has 1 aliphatic rings. The molecule has 4 heteroatoms. The maximum atomic E-state index is 5.75. The molecule has 1 aromatic rings. The molecular formula is C16H26N2O2. The molecule has 2 rings (SSSR count). The van der Waals surface area contributed by atoms with Gasteiger partial charge in [-0.15, -0.1) is 0 Å². The van der Waals surface area contributed by atoms with E-state index in [2.05, 4.69) is 35.3 Å². The molecular weight excluding hydrogens is 252 g/mol. The highest BCUT2D eigenvalue weighted by Crippen LogP contribution is 2.21. The third-order valence-corrected chi connectivity index (χ3v) is 3.37. The molecule has 0 radical (unpaired) electrons. The summed E-state index contributed by atoms with van der Waals surface area (Å²) in [7, 11) is 0. The first-order valence-electron chi connectivity index (χ1n) is 7.66. The summed E-state index contributed by atoms with van der Waals surface area (Å²) in [5.74, 6) is 0.930. The molecule has 1 heterocycles. The van der Waals surface area contributed by atoms with Crippen molar-refractivity contribution in [3.05, 3.63) is 24.3 Å². The van der Waals surface area contributed by atoms with Gasteiger partial charge in [-0.2, -0.15) is 0 Å². The summed E-state index contributed by atoms with van der Waals surface area (Å²) in [4.78, 5) is 2.42. The van der Waals surface area contributed by atoms with Crippen LogP contribution in [0.25, 0.3) is 0 Å². The number of nitrogens with zero attached hydrogens (tertiary/aromatic N) is 1. The average Bonchev–Trinajstić information content (AvgIpc) is 2.76. The second-order valence-electron chi connectivity index (χ2n) is 5.05. The summed E-state index contributed by atoms with van der Waals surface area (Å²) in [5, 5.41) is 3.43. The summed E-state index contributed by atoms with van der Waals surface area (Å²) < 4.78 is 11.2. The number of hydrogen-bond acceptors (Lipinski definition) is 4. The lowest BCUT2D eigenvalue weighted by Gasteiger charge is -2.22. The van der Waals surface area contributed by atoms with Crippen molar-refractivity contribution >= 4 is 5.69 Å². The van der Waals surface area contributed by atoms with Gasteiger partial charge in [0.15, 0.2) is 0 Å². The Morgan fingerprint density at radius 2 is 2.10 bits per heavy atom. The van der Waals surface area contributed by atoms with Gasteiger partial charge < -0.3 is 19.7 Å². The average molecular weight is 278 g/mol. The molecule has 0 aromatic heterocycles. The standard InChI is InChI=1S/C16H26N2O2/c1-2-11-19-12-13-20-16-6-3-5-15(14-16)18-9-4-7-17-8-10-18/h3,5-6,14,17H,2,4,7-13H2,1H3. The Morgan fingerprint density at radius 1 is 1.15 bits per heavy atom.